The lowest BCUT2D eigenvalue weighted by Crippen LogP contribution is -2.28. The summed E-state index contributed by atoms with van der Waals surface area (Å²) >= 11 is 0. The number of nitrogens with zero attached hydrogens (tertiary/aromatic N) is 1. The largest absolute Gasteiger partial charge is 0.455 e. The van der Waals surface area contributed by atoms with Crippen molar-refractivity contribution in [3.63, 3.8) is 0 Å². The topological polar surface area (TPSA) is 105 Å². The van der Waals surface area contributed by atoms with Crippen molar-refractivity contribution in [1.29, 1.82) is 0 Å². The second-order valence-corrected chi connectivity index (χ2v) is 7.67. The first-order chi connectivity index (χ1) is 14.7. The van der Waals surface area contributed by atoms with Gasteiger partial charge in [-0.25, -0.2) is 0 Å². The molecule has 1 atom stereocenters. The van der Waals surface area contributed by atoms with Gasteiger partial charge in [0, 0.05) is 37.0 Å². The molecule has 1 aliphatic heterocycles. The second kappa shape index (κ2) is 9.42. The fraction of sp³-hybridized carbons (Fsp3) is 0.304. The highest BCUT2D eigenvalue weighted by Gasteiger charge is 2.36. The van der Waals surface area contributed by atoms with Gasteiger partial charge in [0.05, 0.1) is 5.92 Å². The van der Waals surface area contributed by atoms with Crippen LogP contribution in [0.15, 0.2) is 42.5 Å². The van der Waals surface area contributed by atoms with Crippen molar-refractivity contribution in [3.8, 4) is 0 Å². The molecular weight excluding hydrogens is 398 g/mol. The molecule has 2 N–H and O–H groups in total. The van der Waals surface area contributed by atoms with Crippen LogP contribution in [0, 0.1) is 19.8 Å². The van der Waals surface area contributed by atoms with Crippen LogP contribution in [0.25, 0.3) is 0 Å². The van der Waals surface area contributed by atoms with E-state index in [1.54, 1.807) is 29.2 Å². The average Bonchev–Trinajstić information content (AvgIpc) is 3.08. The molecule has 3 amide bonds. The van der Waals surface area contributed by atoms with Crippen molar-refractivity contribution in [2.24, 2.45) is 5.92 Å². The number of hydrogen-bond acceptors (Lipinski definition) is 5. The first-order valence-corrected chi connectivity index (χ1v) is 9.94. The van der Waals surface area contributed by atoms with Gasteiger partial charge in [-0.2, -0.15) is 0 Å². The summed E-state index contributed by atoms with van der Waals surface area (Å²) in [7, 11) is 0. The van der Waals surface area contributed by atoms with Crippen LogP contribution in [0.2, 0.25) is 0 Å². The van der Waals surface area contributed by atoms with Crippen molar-refractivity contribution in [3.05, 3.63) is 53.6 Å². The van der Waals surface area contributed by atoms with Crippen LogP contribution in [0.5, 0.6) is 0 Å². The smallest absolute Gasteiger partial charge is 0.311 e. The van der Waals surface area contributed by atoms with E-state index in [0.29, 0.717) is 11.4 Å². The van der Waals surface area contributed by atoms with E-state index >= 15 is 0 Å². The van der Waals surface area contributed by atoms with Gasteiger partial charge in [0.2, 0.25) is 11.8 Å². The number of carbonyl (C=O) groups excluding carboxylic acids is 4. The van der Waals surface area contributed by atoms with E-state index in [1.807, 2.05) is 32.0 Å². The Labute approximate surface area is 180 Å². The van der Waals surface area contributed by atoms with Crippen LogP contribution in [0.3, 0.4) is 0 Å². The Hall–Kier alpha value is -3.68. The minimum Gasteiger partial charge on any atom is -0.455 e. The van der Waals surface area contributed by atoms with E-state index in [1.165, 1.54) is 6.92 Å². The molecule has 1 fully saturated rings. The van der Waals surface area contributed by atoms with E-state index in [2.05, 4.69) is 10.6 Å². The highest BCUT2D eigenvalue weighted by Crippen LogP contribution is 2.27. The molecule has 3 rings (SSSR count). The van der Waals surface area contributed by atoms with Crippen LogP contribution in [-0.4, -0.2) is 36.8 Å². The monoisotopic (exact) mass is 423 g/mol. The second-order valence-electron chi connectivity index (χ2n) is 7.67. The number of esters is 1. The number of ether oxygens (including phenoxy) is 1. The van der Waals surface area contributed by atoms with Crippen LogP contribution >= 0.6 is 0 Å². The SMILES string of the molecule is CC(=O)Nc1ccc(NC(=O)COC(=O)[C@@H]2CC(=O)N(c3cc(C)cc(C)c3)C2)cc1. The van der Waals surface area contributed by atoms with Gasteiger partial charge in [0.25, 0.3) is 5.91 Å². The van der Waals surface area contributed by atoms with Crippen LogP contribution in [-0.2, 0) is 23.9 Å². The summed E-state index contributed by atoms with van der Waals surface area (Å²) in [5.74, 6) is -2.01. The predicted molar refractivity (Wildman–Crippen MR) is 117 cm³/mol. The zero-order chi connectivity index (χ0) is 22.5. The molecule has 0 saturated carbocycles. The van der Waals surface area contributed by atoms with E-state index in [4.69, 9.17) is 4.74 Å². The molecule has 0 bridgehead atoms. The maximum absolute atomic E-state index is 12.4. The van der Waals surface area contributed by atoms with Crippen molar-refractivity contribution in [2.45, 2.75) is 27.2 Å². The fourth-order valence-corrected chi connectivity index (χ4v) is 3.51. The minimum atomic E-state index is -0.613. The molecule has 0 aliphatic carbocycles. The summed E-state index contributed by atoms with van der Waals surface area (Å²) in [4.78, 5) is 49.5. The molecule has 1 aliphatic rings. The molecule has 1 saturated heterocycles. The van der Waals surface area contributed by atoms with Crippen molar-refractivity contribution in [1.82, 2.24) is 0 Å². The molecule has 31 heavy (non-hydrogen) atoms. The highest BCUT2D eigenvalue weighted by molar-refractivity contribution is 6.00. The zero-order valence-corrected chi connectivity index (χ0v) is 17.7. The first kappa shape index (κ1) is 22.0. The van der Waals surface area contributed by atoms with E-state index in [9.17, 15) is 19.2 Å². The molecule has 8 nitrogen and oxygen atoms in total. The summed E-state index contributed by atoms with van der Waals surface area (Å²) < 4.78 is 5.13. The van der Waals surface area contributed by atoms with Crippen LogP contribution in [0.4, 0.5) is 17.1 Å². The average molecular weight is 423 g/mol. The fourth-order valence-electron chi connectivity index (χ4n) is 3.51. The Balaban J connectivity index is 1.50. The molecule has 8 heteroatoms. The van der Waals surface area contributed by atoms with Gasteiger partial charge < -0.3 is 20.3 Å². The number of hydrogen-bond donors (Lipinski definition) is 2. The van der Waals surface area contributed by atoms with Crippen molar-refractivity contribution in [2.75, 3.05) is 28.7 Å². The zero-order valence-electron chi connectivity index (χ0n) is 17.7. The Morgan fingerprint density at radius 3 is 2.16 bits per heavy atom. The van der Waals surface area contributed by atoms with Gasteiger partial charge >= 0.3 is 5.97 Å². The number of aryl methyl sites for hydroxylation is 2. The quantitative estimate of drug-likeness (QED) is 0.695. The van der Waals surface area contributed by atoms with Gasteiger partial charge in [0.1, 0.15) is 0 Å². The van der Waals surface area contributed by atoms with Gasteiger partial charge in [-0.15, -0.1) is 0 Å². The number of anilines is 3. The number of amides is 3. The Morgan fingerprint density at radius 1 is 1.00 bits per heavy atom. The molecule has 162 valence electrons. The number of rotatable bonds is 6. The summed E-state index contributed by atoms with van der Waals surface area (Å²) in [5.41, 5.74) is 3.95. The third-order valence-corrected chi connectivity index (χ3v) is 4.81. The maximum Gasteiger partial charge on any atom is 0.311 e. The van der Waals surface area contributed by atoms with Crippen LogP contribution in [0.1, 0.15) is 24.5 Å². The van der Waals surface area contributed by atoms with Crippen molar-refractivity contribution < 1.29 is 23.9 Å². The lowest BCUT2D eigenvalue weighted by molar-refractivity contribution is -0.151. The predicted octanol–water partition coefficient (Wildman–Crippen LogP) is 2.80. The Kier molecular flexibility index (Phi) is 6.69. The lowest BCUT2D eigenvalue weighted by Gasteiger charge is -2.18. The highest BCUT2D eigenvalue weighted by atomic mass is 16.5. The third-order valence-electron chi connectivity index (χ3n) is 4.81. The maximum atomic E-state index is 12.4. The molecule has 0 unspecified atom stereocenters. The molecule has 0 spiro atoms. The third kappa shape index (κ3) is 5.91. The number of benzene rings is 2. The Bertz CT molecular complexity index is 996. The molecule has 2 aromatic carbocycles. The van der Waals surface area contributed by atoms with Gasteiger partial charge in [0.15, 0.2) is 6.61 Å². The molecule has 1 heterocycles. The van der Waals surface area contributed by atoms with Gasteiger partial charge in [-0.05, 0) is 61.4 Å². The summed E-state index contributed by atoms with van der Waals surface area (Å²) in [5, 5.41) is 5.25. The summed E-state index contributed by atoms with van der Waals surface area (Å²) in [6, 6.07) is 12.4. The van der Waals surface area contributed by atoms with E-state index in [-0.39, 0.29) is 24.8 Å². The van der Waals surface area contributed by atoms with Crippen molar-refractivity contribution >= 4 is 40.8 Å². The first-order valence-electron chi connectivity index (χ1n) is 9.94. The summed E-state index contributed by atoms with van der Waals surface area (Å²) in [6.45, 7) is 5.10. The molecule has 2 aromatic rings. The normalized spacial score (nSPS) is 15.5. The lowest BCUT2D eigenvalue weighted by atomic mass is 10.1. The standard InChI is InChI=1S/C23H25N3O5/c1-14-8-15(2)10-20(9-14)26-12-17(11-22(26)29)23(30)31-13-21(28)25-19-6-4-18(5-7-19)24-16(3)27/h4-10,17H,11-13H2,1-3H3,(H,24,27)(H,25,28)/t17-/m1/s1. The van der Waals surface area contributed by atoms with Crippen LogP contribution < -0.4 is 15.5 Å². The minimum absolute atomic E-state index is 0.0536. The Morgan fingerprint density at radius 2 is 1.58 bits per heavy atom. The number of nitrogens with one attached hydrogen (secondary N) is 2. The van der Waals surface area contributed by atoms with Gasteiger partial charge in [-0.3, -0.25) is 19.2 Å². The molecule has 0 aromatic heterocycles. The molecular formula is C23H25N3O5. The number of carbonyl (C=O) groups is 4. The van der Waals surface area contributed by atoms with E-state index < -0.39 is 24.4 Å². The summed E-state index contributed by atoms with van der Waals surface area (Å²) in [6.07, 6.45) is 0.0536. The molecule has 0 radical (unpaired) electrons. The van der Waals surface area contributed by atoms with E-state index in [0.717, 1.165) is 16.8 Å². The van der Waals surface area contributed by atoms with Gasteiger partial charge in [-0.1, -0.05) is 6.07 Å².